The number of nitrogens with one attached hydrogen (secondary N) is 1. The zero-order chi connectivity index (χ0) is 15.8. The minimum Gasteiger partial charge on any atom is -0.302 e. The number of unbranched alkanes of at least 4 members (excludes halogenated alkanes) is 10. The van der Waals surface area contributed by atoms with Crippen molar-refractivity contribution < 1.29 is 0 Å². The van der Waals surface area contributed by atoms with Crippen molar-refractivity contribution in [3.05, 3.63) is 0 Å². The average molecular weight is 349 g/mol. The largest absolute Gasteiger partial charge is 0.302 e. The normalized spacial score (nSPS) is 11.0. The summed E-state index contributed by atoms with van der Waals surface area (Å²) in [5, 5.41) is 14.1. The van der Waals surface area contributed by atoms with Crippen LogP contribution in [0.2, 0.25) is 0 Å². The Morgan fingerprint density at radius 2 is 1.32 bits per heavy atom. The van der Waals surface area contributed by atoms with E-state index < -0.39 is 0 Å². The molecule has 0 heterocycles. The fourth-order valence-corrected chi connectivity index (χ4v) is 3.11. The maximum absolute atomic E-state index is 8.51. The van der Waals surface area contributed by atoms with Crippen molar-refractivity contribution in [2.24, 2.45) is 0 Å². The topological polar surface area (TPSA) is 35.8 Å². The zero-order valence-corrected chi connectivity index (χ0v) is 16.6. The number of halogens is 1. The molecule has 0 atom stereocenters. The molecule has 132 valence electrons. The Hall–Kier alpha value is 0.0900. The van der Waals surface area contributed by atoms with E-state index in [4.69, 9.17) is 5.26 Å². The van der Waals surface area contributed by atoms with Crippen LogP contribution >= 0.6 is 24.2 Å². The molecule has 0 aliphatic carbocycles. The molecule has 0 radical (unpaired) electrons. The molecule has 0 rings (SSSR count). The van der Waals surface area contributed by atoms with Gasteiger partial charge in [0.25, 0.3) is 0 Å². The Labute approximate surface area is 149 Å². The van der Waals surface area contributed by atoms with Crippen LogP contribution in [0.3, 0.4) is 0 Å². The first kappa shape index (κ1) is 24.3. The van der Waals surface area contributed by atoms with Crippen LogP contribution in [0, 0.1) is 10.7 Å². The molecule has 0 aromatic rings. The van der Waals surface area contributed by atoms with Gasteiger partial charge in [-0.05, 0) is 32.0 Å². The average Bonchev–Trinajstić information content (AvgIpc) is 2.45. The van der Waals surface area contributed by atoms with Gasteiger partial charge in [0.15, 0.2) is 0 Å². The van der Waals surface area contributed by atoms with Crippen molar-refractivity contribution in [1.29, 1.82) is 5.26 Å². The summed E-state index contributed by atoms with van der Waals surface area (Å²) in [5.74, 6) is 0.738. The number of hydrogen-bond donors (Lipinski definition) is 1. The lowest BCUT2D eigenvalue weighted by Gasteiger charge is -2.25. The predicted octanol–water partition coefficient (Wildman–Crippen LogP) is 6.65. The molecule has 0 unspecified atom stereocenters. The molecule has 2 nitrogen and oxygen atoms in total. The Morgan fingerprint density at radius 1 is 0.864 bits per heavy atom. The van der Waals surface area contributed by atoms with Gasteiger partial charge in [0, 0.05) is 5.54 Å². The summed E-state index contributed by atoms with van der Waals surface area (Å²) in [6.45, 7) is 6.75. The maximum atomic E-state index is 8.51. The van der Waals surface area contributed by atoms with Crippen LogP contribution in [0.15, 0.2) is 0 Å². The highest BCUT2D eigenvalue weighted by molar-refractivity contribution is 8.03. The van der Waals surface area contributed by atoms with Crippen molar-refractivity contribution in [2.75, 3.05) is 5.88 Å². The summed E-state index contributed by atoms with van der Waals surface area (Å²) in [6, 6.07) is 0. The lowest BCUT2D eigenvalue weighted by molar-refractivity contribution is 0.368. The fraction of sp³-hybridized carbons (Fsp3) is 0.944. The number of thioether (sulfide) groups is 1. The van der Waals surface area contributed by atoms with E-state index in [1.165, 1.54) is 88.8 Å². The maximum Gasteiger partial charge on any atom is 0.134 e. The van der Waals surface area contributed by atoms with Crippen LogP contribution in [0.25, 0.3) is 0 Å². The minimum atomic E-state index is 0. The molecule has 0 aromatic heterocycles. The summed E-state index contributed by atoms with van der Waals surface area (Å²) in [4.78, 5) is 0. The van der Waals surface area contributed by atoms with E-state index >= 15 is 0 Å². The van der Waals surface area contributed by atoms with Crippen LogP contribution < -0.4 is 5.32 Å². The molecular formula is C18H37ClN2S. The van der Waals surface area contributed by atoms with Gasteiger partial charge in [-0.25, -0.2) is 0 Å². The monoisotopic (exact) mass is 348 g/mol. The van der Waals surface area contributed by atoms with Crippen molar-refractivity contribution in [2.45, 2.75) is 103 Å². The zero-order valence-electron chi connectivity index (χ0n) is 15.0. The molecule has 0 aliphatic rings. The van der Waals surface area contributed by atoms with Crippen LogP contribution in [0.1, 0.15) is 97.8 Å². The Morgan fingerprint density at radius 3 is 1.77 bits per heavy atom. The molecule has 0 aliphatic heterocycles. The van der Waals surface area contributed by atoms with E-state index in [0.29, 0.717) is 0 Å². The quantitative estimate of drug-likeness (QED) is 0.204. The van der Waals surface area contributed by atoms with Gasteiger partial charge in [-0.2, -0.15) is 5.26 Å². The second-order valence-electron chi connectivity index (χ2n) is 6.73. The molecule has 0 fully saturated rings. The highest BCUT2D eigenvalue weighted by Crippen LogP contribution is 2.17. The molecule has 0 bridgehead atoms. The summed E-state index contributed by atoms with van der Waals surface area (Å²) in [5.41, 5.74) is 0.170. The molecule has 0 amide bonds. The van der Waals surface area contributed by atoms with Gasteiger partial charge in [0.2, 0.25) is 0 Å². The van der Waals surface area contributed by atoms with Crippen LogP contribution in [-0.4, -0.2) is 11.4 Å². The second kappa shape index (κ2) is 17.4. The number of hydrogen-bond acceptors (Lipinski definition) is 3. The molecule has 0 saturated heterocycles. The summed E-state index contributed by atoms with van der Waals surface area (Å²) >= 11 is 1.29. The van der Waals surface area contributed by atoms with Gasteiger partial charge in [0.1, 0.15) is 5.40 Å². The molecule has 4 heteroatoms. The standard InChI is InChI=1S/C18H36N2S.ClH/c1-4-5-6-7-8-9-10-11-12-13-14-15-18(2,3)20-17-21-16-19;/h20H,4-15,17H2,1-3H3;1H. The van der Waals surface area contributed by atoms with Crippen molar-refractivity contribution in [3.63, 3.8) is 0 Å². The first-order chi connectivity index (χ1) is 10.1. The van der Waals surface area contributed by atoms with Gasteiger partial charge >= 0.3 is 0 Å². The van der Waals surface area contributed by atoms with Gasteiger partial charge in [0.05, 0.1) is 5.88 Å². The summed E-state index contributed by atoms with van der Waals surface area (Å²) in [7, 11) is 0. The van der Waals surface area contributed by atoms with E-state index in [9.17, 15) is 0 Å². The number of nitriles is 1. The van der Waals surface area contributed by atoms with Crippen LogP contribution in [0.4, 0.5) is 0 Å². The van der Waals surface area contributed by atoms with E-state index in [2.05, 4.69) is 31.5 Å². The smallest absolute Gasteiger partial charge is 0.134 e. The second-order valence-corrected chi connectivity index (χ2v) is 7.49. The molecule has 1 N–H and O–H groups in total. The third-order valence-corrected chi connectivity index (χ3v) is 4.51. The van der Waals surface area contributed by atoms with Crippen molar-refractivity contribution >= 4 is 24.2 Å². The number of nitrogens with zero attached hydrogens (tertiary/aromatic N) is 1. The SMILES string of the molecule is CCCCCCCCCCCCCC(C)(C)NCSC#N.Cl. The third-order valence-electron chi connectivity index (χ3n) is 4.09. The molecule has 0 spiro atoms. The van der Waals surface area contributed by atoms with Gasteiger partial charge in [-0.1, -0.05) is 77.6 Å². The molecule has 0 saturated carbocycles. The third kappa shape index (κ3) is 18.1. The fourth-order valence-electron chi connectivity index (χ4n) is 2.58. The molecule has 0 aromatic carbocycles. The van der Waals surface area contributed by atoms with Crippen LogP contribution in [0.5, 0.6) is 0 Å². The van der Waals surface area contributed by atoms with Gasteiger partial charge in [-0.3, -0.25) is 0 Å². The van der Waals surface area contributed by atoms with E-state index in [1.807, 2.05) is 0 Å². The Balaban J connectivity index is 0. The first-order valence-electron chi connectivity index (χ1n) is 8.88. The van der Waals surface area contributed by atoms with E-state index in [-0.39, 0.29) is 17.9 Å². The van der Waals surface area contributed by atoms with E-state index in [1.54, 1.807) is 0 Å². The highest BCUT2D eigenvalue weighted by atomic mass is 35.5. The molecular weight excluding hydrogens is 312 g/mol. The van der Waals surface area contributed by atoms with Gasteiger partial charge < -0.3 is 5.32 Å². The lowest BCUT2D eigenvalue weighted by atomic mass is 9.96. The highest BCUT2D eigenvalue weighted by Gasteiger charge is 2.15. The first-order valence-corrected chi connectivity index (χ1v) is 9.87. The number of thiocyanates is 1. The summed E-state index contributed by atoms with van der Waals surface area (Å²) in [6.07, 6.45) is 16.6. The van der Waals surface area contributed by atoms with Crippen molar-refractivity contribution in [1.82, 2.24) is 5.32 Å². The minimum absolute atomic E-state index is 0. The van der Waals surface area contributed by atoms with Gasteiger partial charge in [-0.15, -0.1) is 12.4 Å². The van der Waals surface area contributed by atoms with Crippen molar-refractivity contribution in [3.8, 4) is 5.40 Å². The molecule has 22 heavy (non-hydrogen) atoms. The Bertz CT molecular complexity index is 264. The Kier molecular flexibility index (Phi) is 19.3. The summed E-state index contributed by atoms with van der Waals surface area (Å²) < 4.78 is 0. The van der Waals surface area contributed by atoms with E-state index in [0.717, 1.165) is 5.88 Å². The lowest BCUT2D eigenvalue weighted by Crippen LogP contribution is -2.38. The van der Waals surface area contributed by atoms with Crippen LogP contribution in [-0.2, 0) is 0 Å². The number of rotatable bonds is 15. The predicted molar refractivity (Wildman–Crippen MR) is 104 cm³/mol.